The van der Waals surface area contributed by atoms with Crippen LogP contribution in [0.1, 0.15) is 53.3 Å². The number of rotatable bonds is 3. The molecule has 6 heteroatoms. The summed E-state index contributed by atoms with van der Waals surface area (Å²) in [5.41, 5.74) is 3.16. The van der Waals surface area contributed by atoms with E-state index in [-0.39, 0.29) is 23.0 Å². The topological polar surface area (TPSA) is 71.3 Å². The monoisotopic (exact) mass is 378 g/mol. The SMILES string of the molecule is CC1NCc2cc(-c3cc4c(cc3F)c(=O)c(C(=O)O)cn4C3CC3)ccc21. The standard InChI is InChI=1S/C22H19FN2O3/c1-11-15-5-2-12(6-13(15)9-24-11)16-8-20-17(7-19(16)23)21(26)18(22(27)28)10-25(20)14-3-4-14/h2,5-8,10-11,14,24H,3-4,9H2,1H3,(H,27,28). The highest BCUT2D eigenvalue weighted by atomic mass is 19.1. The van der Waals surface area contributed by atoms with E-state index in [0.29, 0.717) is 11.1 Å². The molecule has 2 heterocycles. The van der Waals surface area contributed by atoms with Gasteiger partial charge in [0.05, 0.1) is 5.52 Å². The van der Waals surface area contributed by atoms with Crippen LogP contribution < -0.4 is 10.7 Å². The fraction of sp³-hybridized carbons (Fsp3) is 0.273. The molecule has 142 valence electrons. The van der Waals surface area contributed by atoms with Crippen LogP contribution in [0.4, 0.5) is 4.39 Å². The number of hydrogen-bond acceptors (Lipinski definition) is 3. The highest BCUT2D eigenvalue weighted by Crippen LogP contribution is 2.38. The normalized spacial score (nSPS) is 18.4. The quantitative estimate of drug-likeness (QED) is 0.723. The van der Waals surface area contributed by atoms with E-state index in [1.807, 2.05) is 22.8 Å². The number of nitrogens with one attached hydrogen (secondary N) is 1. The molecule has 1 atom stereocenters. The van der Waals surface area contributed by atoms with Gasteiger partial charge in [0.25, 0.3) is 0 Å². The lowest BCUT2D eigenvalue weighted by Gasteiger charge is -2.14. The second-order valence-electron chi connectivity index (χ2n) is 7.68. The molecule has 1 aliphatic carbocycles. The van der Waals surface area contributed by atoms with Gasteiger partial charge >= 0.3 is 5.97 Å². The van der Waals surface area contributed by atoms with Crippen LogP contribution in [0, 0.1) is 5.82 Å². The minimum Gasteiger partial charge on any atom is -0.477 e. The summed E-state index contributed by atoms with van der Waals surface area (Å²) in [5, 5.41) is 12.8. The van der Waals surface area contributed by atoms with Crippen LogP contribution in [-0.2, 0) is 6.54 Å². The first-order valence-electron chi connectivity index (χ1n) is 9.42. The zero-order valence-electron chi connectivity index (χ0n) is 15.3. The van der Waals surface area contributed by atoms with Crippen LogP contribution in [0.15, 0.2) is 41.3 Å². The number of carbonyl (C=O) groups is 1. The molecule has 1 unspecified atom stereocenters. The van der Waals surface area contributed by atoms with Gasteiger partial charge in [0, 0.05) is 35.8 Å². The van der Waals surface area contributed by atoms with Crippen LogP contribution in [0.5, 0.6) is 0 Å². The molecule has 1 aliphatic heterocycles. The van der Waals surface area contributed by atoms with E-state index in [0.717, 1.165) is 30.5 Å². The summed E-state index contributed by atoms with van der Waals surface area (Å²) in [5.74, 6) is -1.81. The van der Waals surface area contributed by atoms with Crippen LogP contribution in [-0.4, -0.2) is 15.6 Å². The number of hydrogen-bond donors (Lipinski definition) is 2. The average Bonchev–Trinajstić information content (AvgIpc) is 3.45. The van der Waals surface area contributed by atoms with Crippen molar-refractivity contribution < 1.29 is 14.3 Å². The molecule has 2 N–H and O–H groups in total. The summed E-state index contributed by atoms with van der Waals surface area (Å²) in [6.07, 6.45) is 3.25. The number of aromatic nitrogens is 1. The molecule has 2 aromatic carbocycles. The Kier molecular flexibility index (Phi) is 3.67. The van der Waals surface area contributed by atoms with Gasteiger partial charge in [-0.3, -0.25) is 4.79 Å². The zero-order chi connectivity index (χ0) is 19.6. The lowest BCUT2D eigenvalue weighted by atomic mass is 9.97. The predicted molar refractivity (Wildman–Crippen MR) is 104 cm³/mol. The van der Waals surface area contributed by atoms with E-state index >= 15 is 0 Å². The Bertz CT molecular complexity index is 1210. The first kappa shape index (κ1) is 17.1. The maximum atomic E-state index is 15.0. The van der Waals surface area contributed by atoms with Crippen LogP contribution in [0.2, 0.25) is 0 Å². The number of nitrogens with zero attached hydrogens (tertiary/aromatic N) is 1. The van der Waals surface area contributed by atoms with E-state index in [9.17, 15) is 19.1 Å². The lowest BCUT2D eigenvalue weighted by Crippen LogP contribution is -2.19. The smallest absolute Gasteiger partial charge is 0.341 e. The number of fused-ring (bicyclic) bond motifs is 2. The van der Waals surface area contributed by atoms with Gasteiger partial charge in [0.15, 0.2) is 0 Å². The third kappa shape index (κ3) is 2.56. The van der Waals surface area contributed by atoms with Crippen molar-refractivity contribution in [1.29, 1.82) is 0 Å². The molecular weight excluding hydrogens is 359 g/mol. The zero-order valence-corrected chi connectivity index (χ0v) is 15.3. The fourth-order valence-corrected chi connectivity index (χ4v) is 4.12. The molecule has 0 saturated heterocycles. The molecule has 1 fully saturated rings. The third-order valence-corrected chi connectivity index (χ3v) is 5.81. The van der Waals surface area contributed by atoms with Crippen molar-refractivity contribution >= 4 is 16.9 Å². The number of carboxylic acids is 1. The number of carboxylic acid groups (broad SMARTS) is 1. The second-order valence-corrected chi connectivity index (χ2v) is 7.68. The van der Waals surface area contributed by atoms with Crippen molar-refractivity contribution in [3.05, 3.63) is 69.3 Å². The Balaban J connectivity index is 1.75. The Morgan fingerprint density at radius 3 is 2.75 bits per heavy atom. The number of halogens is 1. The summed E-state index contributed by atoms with van der Waals surface area (Å²) < 4.78 is 16.8. The number of benzene rings is 2. The van der Waals surface area contributed by atoms with Crippen molar-refractivity contribution in [1.82, 2.24) is 9.88 Å². The van der Waals surface area contributed by atoms with E-state index < -0.39 is 17.2 Å². The van der Waals surface area contributed by atoms with Crippen molar-refractivity contribution in [2.24, 2.45) is 0 Å². The average molecular weight is 378 g/mol. The number of aromatic carboxylic acids is 1. The van der Waals surface area contributed by atoms with Crippen LogP contribution >= 0.6 is 0 Å². The molecule has 0 bridgehead atoms. The van der Waals surface area contributed by atoms with Crippen LogP contribution in [0.25, 0.3) is 22.0 Å². The first-order valence-corrected chi connectivity index (χ1v) is 9.42. The molecule has 0 amide bonds. The van der Waals surface area contributed by atoms with Crippen LogP contribution in [0.3, 0.4) is 0 Å². The largest absolute Gasteiger partial charge is 0.477 e. The van der Waals surface area contributed by atoms with Gasteiger partial charge in [-0.15, -0.1) is 0 Å². The Labute approximate surface area is 160 Å². The molecule has 28 heavy (non-hydrogen) atoms. The predicted octanol–water partition coefficient (Wildman–Crippen LogP) is 4.00. The molecular formula is C22H19FN2O3. The van der Waals surface area contributed by atoms with Gasteiger partial charge in [-0.05, 0) is 54.7 Å². The molecule has 0 radical (unpaired) electrons. The maximum Gasteiger partial charge on any atom is 0.341 e. The fourth-order valence-electron chi connectivity index (χ4n) is 4.12. The van der Waals surface area contributed by atoms with Gasteiger partial charge < -0.3 is 15.0 Å². The van der Waals surface area contributed by atoms with Crippen molar-refractivity contribution in [2.75, 3.05) is 0 Å². The summed E-state index contributed by atoms with van der Waals surface area (Å²) in [6, 6.07) is 9.21. The summed E-state index contributed by atoms with van der Waals surface area (Å²) in [6.45, 7) is 2.84. The van der Waals surface area contributed by atoms with E-state index in [1.54, 1.807) is 6.07 Å². The first-order chi connectivity index (χ1) is 13.4. The molecule has 5 rings (SSSR count). The van der Waals surface area contributed by atoms with Gasteiger partial charge in [-0.25, -0.2) is 9.18 Å². The Hall–Kier alpha value is -2.99. The van der Waals surface area contributed by atoms with Gasteiger partial charge in [-0.1, -0.05) is 12.1 Å². The Morgan fingerprint density at radius 1 is 1.25 bits per heavy atom. The van der Waals surface area contributed by atoms with Crippen molar-refractivity contribution in [3.63, 3.8) is 0 Å². The van der Waals surface area contributed by atoms with E-state index in [2.05, 4.69) is 12.2 Å². The second kappa shape index (κ2) is 6.01. The minimum atomic E-state index is -1.29. The molecule has 5 nitrogen and oxygen atoms in total. The molecule has 1 aromatic heterocycles. The van der Waals surface area contributed by atoms with Gasteiger partial charge in [0.2, 0.25) is 5.43 Å². The summed E-state index contributed by atoms with van der Waals surface area (Å²) in [7, 11) is 0. The van der Waals surface area contributed by atoms with Gasteiger partial charge in [-0.2, -0.15) is 0 Å². The molecule has 2 aliphatic rings. The third-order valence-electron chi connectivity index (χ3n) is 5.81. The van der Waals surface area contributed by atoms with E-state index in [4.69, 9.17) is 0 Å². The maximum absolute atomic E-state index is 15.0. The lowest BCUT2D eigenvalue weighted by molar-refractivity contribution is 0.0695. The summed E-state index contributed by atoms with van der Waals surface area (Å²) >= 11 is 0. The van der Waals surface area contributed by atoms with Crippen molar-refractivity contribution in [3.8, 4) is 11.1 Å². The minimum absolute atomic E-state index is 0.115. The molecule has 3 aromatic rings. The summed E-state index contributed by atoms with van der Waals surface area (Å²) in [4.78, 5) is 24.0. The van der Waals surface area contributed by atoms with Crippen molar-refractivity contribution in [2.45, 2.75) is 38.4 Å². The number of pyridine rings is 1. The molecule has 0 spiro atoms. The van der Waals surface area contributed by atoms with E-state index in [1.165, 1.54) is 17.8 Å². The highest BCUT2D eigenvalue weighted by molar-refractivity contribution is 5.94. The molecule has 1 saturated carbocycles. The Morgan fingerprint density at radius 2 is 2.04 bits per heavy atom. The van der Waals surface area contributed by atoms with Gasteiger partial charge in [0.1, 0.15) is 11.4 Å². The highest BCUT2D eigenvalue weighted by Gasteiger charge is 2.27.